The third-order valence-corrected chi connectivity index (χ3v) is 4.73. The summed E-state index contributed by atoms with van der Waals surface area (Å²) in [7, 11) is 0. The summed E-state index contributed by atoms with van der Waals surface area (Å²) in [5.41, 5.74) is 1.85. The molecule has 1 N–H and O–H groups in total. The zero-order valence-electron chi connectivity index (χ0n) is 9.58. The van der Waals surface area contributed by atoms with Gasteiger partial charge in [0, 0.05) is 15.5 Å². The van der Waals surface area contributed by atoms with Crippen LogP contribution in [0.5, 0.6) is 0 Å². The lowest BCUT2D eigenvalue weighted by atomic mass is 9.70. The molecule has 1 saturated carbocycles. The van der Waals surface area contributed by atoms with E-state index >= 15 is 0 Å². The van der Waals surface area contributed by atoms with Crippen LogP contribution in [0, 0.1) is 5.41 Å². The van der Waals surface area contributed by atoms with Crippen molar-refractivity contribution in [3.8, 4) is 0 Å². The summed E-state index contributed by atoms with van der Waals surface area (Å²) in [6, 6.07) is 6.00. The first-order valence-electron chi connectivity index (χ1n) is 6.12. The van der Waals surface area contributed by atoms with Gasteiger partial charge in [0.05, 0.1) is 6.10 Å². The van der Waals surface area contributed by atoms with Gasteiger partial charge in [-0.25, -0.2) is 0 Å². The van der Waals surface area contributed by atoms with E-state index in [4.69, 9.17) is 0 Å². The lowest BCUT2D eigenvalue weighted by Gasteiger charge is -2.33. The molecule has 3 rings (SSSR count). The Kier molecular flexibility index (Phi) is 2.64. The molecule has 0 aliphatic heterocycles. The van der Waals surface area contributed by atoms with Crippen LogP contribution in [0.4, 0.5) is 0 Å². The van der Waals surface area contributed by atoms with Crippen LogP contribution in [0.1, 0.15) is 41.6 Å². The number of Topliss-reactive ketones (excluding diaryl/α,β-unsaturated/α-hetero) is 1. The van der Waals surface area contributed by atoms with Crippen molar-refractivity contribution in [2.24, 2.45) is 5.41 Å². The molecule has 1 aromatic carbocycles. The van der Waals surface area contributed by atoms with Gasteiger partial charge in [-0.1, -0.05) is 22.0 Å². The fourth-order valence-electron chi connectivity index (χ4n) is 3.20. The second-order valence-corrected chi connectivity index (χ2v) is 6.23. The second-order valence-electron chi connectivity index (χ2n) is 5.32. The molecule has 0 unspecified atom stereocenters. The average molecular weight is 295 g/mol. The van der Waals surface area contributed by atoms with Crippen molar-refractivity contribution in [3.63, 3.8) is 0 Å². The summed E-state index contributed by atoms with van der Waals surface area (Å²) in [5.74, 6) is 0.292. The van der Waals surface area contributed by atoms with E-state index in [0.717, 1.165) is 42.1 Å². The monoisotopic (exact) mass is 294 g/mol. The standard InChI is InChI=1S/C14H15BrO2/c15-10-2-1-9-8-14(13(17)12(9)7-10)5-3-11(16)4-6-14/h1-2,7,11,16H,3-6,8H2/t11-,14-. The molecule has 0 radical (unpaired) electrons. The van der Waals surface area contributed by atoms with E-state index in [2.05, 4.69) is 22.0 Å². The predicted molar refractivity (Wildman–Crippen MR) is 69.1 cm³/mol. The number of benzene rings is 1. The number of aliphatic hydroxyl groups is 1. The Morgan fingerprint density at radius 3 is 2.71 bits per heavy atom. The first kappa shape index (κ1) is 11.4. The Labute approximate surface area is 109 Å². The molecule has 0 saturated heterocycles. The van der Waals surface area contributed by atoms with Crippen LogP contribution in [-0.2, 0) is 6.42 Å². The van der Waals surface area contributed by atoms with E-state index in [-0.39, 0.29) is 11.5 Å². The lowest BCUT2D eigenvalue weighted by Crippen LogP contribution is -2.34. The number of carbonyl (C=O) groups is 1. The molecule has 1 aromatic rings. The van der Waals surface area contributed by atoms with E-state index in [0.29, 0.717) is 5.78 Å². The van der Waals surface area contributed by atoms with Crippen LogP contribution in [0.3, 0.4) is 0 Å². The van der Waals surface area contributed by atoms with Crippen molar-refractivity contribution in [1.29, 1.82) is 0 Å². The molecule has 0 atom stereocenters. The molecule has 1 fully saturated rings. The molecule has 17 heavy (non-hydrogen) atoms. The zero-order valence-corrected chi connectivity index (χ0v) is 11.2. The summed E-state index contributed by atoms with van der Waals surface area (Å²) in [6.07, 6.45) is 3.85. The number of hydrogen-bond acceptors (Lipinski definition) is 2. The lowest BCUT2D eigenvalue weighted by molar-refractivity contribution is 0.0513. The smallest absolute Gasteiger partial charge is 0.169 e. The fourth-order valence-corrected chi connectivity index (χ4v) is 3.56. The van der Waals surface area contributed by atoms with Gasteiger partial charge in [-0.15, -0.1) is 0 Å². The third-order valence-electron chi connectivity index (χ3n) is 4.24. The van der Waals surface area contributed by atoms with Gasteiger partial charge in [-0.05, 0) is 49.8 Å². The van der Waals surface area contributed by atoms with E-state index < -0.39 is 0 Å². The number of rotatable bonds is 0. The van der Waals surface area contributed by atoms with Crippen molar-refractivity contribution in [2.75, 3.05) is 0 Å². The number of fused-ring (bicyclic) bond motifs is 1. The maximum Gasteiger partial charge on any atom is 0.169 e. The highest BCUT2D eigenvalue weighted by Gasteiger charge is 2.46. The van der Waals surface area contributed by atoms with Gasteiger partial charge in [0.2, 0.25) is 0 Å². The summed E-state index contributed by atoms with van der Waals surface area (Å²) in [6.45, 7) is 0. The molecular weight excluding hydrogens is 280 g/mol. The highest BCUT2D eigenvalue weighted by atomic mass is 79.9. The van der Waals surface area contributed by atoms with Crippen LogP contribution >= 0.6 is 15.9 Å². The summed E-state index contributed by atoms with van der Waals surface area (Å²) < 4.78 is 0.970. The summed E-state index contributed by atoms with van der Waals surface area (Å²) in [5, 5.41) is 9.58. The number of hydrogen-bond donors (Lipinski definition) is 1. The molecule has 0 amide bonds. The molecule has 0 heterocycles. The Morgan fingerprint density at radius 2 is 2.00 bits per heavy atom. The normalized spacial score (nSPS) is 31.9. The van der Waals surface area contributed by atoms with Gasteiger partial charge in [-0.3, -0.25) is 4.79 Å². The minimum atomic E-state index is -0.206. The SMILES string of the molecule is O=C1c2cc(Br)ccc2C[C@]12CC[C@@H](O)CC2. The van der Waals surface area contributed by atoms with Gasteiger partial charge >= 0.3 is 0 Å². The zero-order chi connectivity index (χ0) is 12.0. The quantitative estimate of drug-likeness (QED) is 0.798. The maximum absolute atomic E-state index is 12.5. The number of ketones is 1. The molecule has 90 valence electrons. The Hall–Kier alpha value is -0.670. The van der Waals surface area contributed by atoms with Gasteiger partial charge in [-0.2, -0.15) is 0 Å². The number of aliphatic hydroxyl groups excluding tert-OH is 1. The number of halogens is 1. The first-order valence-corrected chi connectivity index (χ1v) is 6.91. The minimum Gasteiger partial charge on any atom is -0.393 e. The Bertz CT molecular complexity index is 473. The topological polar surface area (TPSA) is 37.3 Å². The molecular formula is C14H15BrO2. The van der Waals surface area contributed by atoms with E-state index in [1.54, 1.807) is 0 Å². The highest BCUT2D eigenvalue weighted by molar-refractivity contribution is 9.10. The molecule has 0 bridgehead atoms. The van der Waals surface area contributed by atoms with E-state index in [1.165, 1.54) is 5.56 Å². The maximum atomic E-state index is 12.5. The van der Waals surface area contributed by atoms with Crippen LogP contribution < -0.4 is 0 Å². The van der Waals surface area contributed by atoms with Gasteiger partial charge in [0.1, 0.15) is 0 Å². The van der Waals surface area contributed by atoms with Crippen LogP contribution in [0.15, 0.2) is 22.7 Å². The van der Waals surface area contributed by atoms with Crippen LogP contribution in [0.2, 0.25) is 0 Å². The summed E-state index contributed by atoms with van der Waals surface area (Å²) >= 11 is 3.42. The van der Waals surface area contributed by atoms with E-state index in [9.17, 15) is 9.90 Å². The van der Waals surface area contributed by atoms with Crippen molar-refractivity contribution < 1.29 is 9.90 Å². The molecule has 2 aliphatic rings. The van der Waals surface area contributed by atoms with Crippen molar-refractivity contribution >= 4 is 21.7 Å². The third kappa shape index (κ3) is 1.76. The van der Waals surface area contributed by atoms with Crippen LogP contribution in [-0.4, -0.2) is 17.0 Å². The Morgan fingerprint density at radius 1 is 1.29 bits per heavy atom. The highest BCUT2D eigenvalue weighted by Crippen LogP contribution is 2.47. The molecule has 1 spiro atoms. The minimum absolute atomic E-state index is 0.205. The fraction of sp³-hybridized carbons (Fsp3) is 0.500. The largest absolute Gasteiger partial charge is 0.393 e. The van der Waals surface area contributed by atoms with E-state index in [1.807, 2.05) is 12.1 Å². The first-order chi connectivity index (χ1) is 8.11. The number of carbonyl (C=O) groups excluding carboxylic acids is 1. The Balaban J connectivity index is 1.96. The summed E-state index contributed by atoms with van der Waals surface area (Å²) in [4.78, 5) is 12.5. The molecule has 0 aromatic heterocycles. The van der Waals surface area contributed by atoms with Crippen molar-refractivity contribution in [1.82, 2.24) is 0 Å². The van der Waals surface area contributed by atoms with Crippen LogP contribution in [0.25, 0.3) is 0 Å². The predicted octanol–water partition coefficient (Wildman–Crippen LogP) is 3.11. The van der Waals surface area contributed by atoms with Gasteiger partial charge < -0.3 is 5.11 Å². The molecule has 2 aliphatic carbocycles. The van der Waals surface area contributed by atoms with Gasteiger partial charge in [0.25, 0.3) is 0 Å². The average Bonchev–Trinajstić information content (AvgIpc) is 2.58. The second kappa shape index (κ2) is 3.92. The van der Waals surface area contributed by atoms with Crippen molar-refractivity contribution in [2.45, 2.75) is 38.2 Å². The van der Waals surface area contributed by atoms with Gasteiger partial charge in [0.15, 0.2) is 5.78 Å². The molecule has 2 nitrogen and oxygen atoms in total. The van der Waals surface area contributed by atoms with Crippen molar-refractivity contribution in [3.05, 3.63) is 33.8 Å². The molecule has 3 heteroatoms.